The van der Waals surface area contributed by atoms with Crippen LogP contribution in [0.25, 0.3) is 0 Å². The Morgan fingerprint density at radius 3 is 1.46 bits per heavy atom. The number of phosphoric ester groups is 1. The Bertz CT molecular complexity index is 1130. The standard InChI is InChI=1S/C52H99N2O6P/c1-6-8-10-12-14-16-18-20-21-22-23-24-25-26-27-28-29-30-31-32-34-35-37-39-41-43-45-51(55)50(49-60-61(57,58)59-48-47-54(3,4)5)53-52(56)46-44-42-40-38-36-33-19-17-15-13-11-9-7-2/h9,11,15,17,33,36,43,45,50-51,55H,6-8,10,12-14,16,18-32,34-35,37-42,44,46-49H2,1-5H3,(H-,53,56,57,58)/b11-9-,17-15-,36-33-,45-43+. The summed E-state index contributed by atoms with van der Waals surface area (Å²) in [6.07, 6.45) is 56.2. The van der Waals surface area contributed by atoms with Crippen molar-refractivity contribution in [2.45, 2.75) is 238 Å². The number of carbonyl (C=O) groups excluding carboxylic acids is 1. The first-order valence-corrected chi connectivity index (χ1v) is 27.0. The van der Waals surface area contributed by atoms with E-state index in [0.717, 1.165) is 64.2 Å². The van der Waals surface area contributed by atoms with Crippen LogP contribution in [0.5, 0.6) is 0 Å². The minimum atomic E-state index is -4.60. The normalized spacial score (nSPS) is 14.5. The smallest absolute Gasteiger partial charge is 0.268 e. The van der Waals surface area contributed by atoms with Gasteiger partial charge in [0.15, 0.2) is 0 Å². The zero-order chi connectivity index (χ0) is 45.0. The van der Waals surface area contributed by atoms with Crippen molar-refractivity contribution in [2.24, 2.45) is 0 Å². The second kappa shape index (κ2) is 43.7. The monoisotopic (exact) mass is 879 g/mol. The van der Waals surface area contributed by atoms with Crippen molar-refractivity contribution < 1.29 is 32.9 Å². The number of nitrogens with zero attached hydrogens (tertiary/aromatic N) is 1. The number of nitrogens with one attached hydrogen (secondary N) is 1. The van der Waals surface area contributed by atoms with Gasteiger partial charge in [-0.1, -0.05) is 217 Å². The van der Waals surface area contributed by atoms with Gasteiger partial charge in [0, 0.05) is 6.42 Å². The minimum absolute atomic E-state index is 0.00805. The summed E-state index contributed by atoms with van der Waals surface area (Å²) in [5.74, 6) is -0.226. The van der Waals surface area contributed by atoms with E-state index in [-0.39, 0.29) is 12.5 Å². The van der Waals surface area contributed by atoms with E-state index in [1.54, 1.807) is 6.08 Å². The number of phosphoric acid groups is 1. The first kappa shape index (κ1) is 59.5. The molecule has 61 heavy (non-hydrogen) atoms. The van der Waals surface area contributed by atoms with Gasteiger partial charge in [-0.3, -0.25) is 9.36 Å². The van der Waals surface area contributed by atoms with Crippen LogP contribution in [0.2, 0.25) is 0 Å². The second-order valence-corrected chi connectivity index (χ2v) is 19.9. The summed E-state index contributed by atoms with van der Waals surface area (Å²) in [5, 5.41) is 13.8. The van der Waals surface area contributed by atoms with Crippen molar-refractivity contribution in [3.63, 3.8) is 0 Å². The Kier molecular flexibility index (Phi) is 42.6. The molecule has 0 radical (unpaired) electrons. The molecular weight excluding hydrogens is 780 g/mol. The van der Waals surface area contributed by atoms with Crippen LogP contribution in [-0.4, -0.2) is 68.5 Å². The van der Waals surface area contributed by atoms with Crippen molar-refractivity contribution in [1.82, 2.24) is 5.32 Å². The second-order valence-electron chi connectivity index (χ2n) is 18.5. The van der Waals surface area contributed by atoms with Gasteiger partial charge < -0.3 is 28.8 Å². The molecule has 0 saturated carbocycles. The van der Waals surface area contributed by atoms with Crippen LogP contribution in [0, 0.1) is 0 Å². The molecule has 0 aromatic rings. The number of hydrogen-bond acceptors (Lipinski definition) is 6. The molecule has 2 N–H and O–H groups in total. The van der Waals surface area contributed by atoms with Crippen LogP contribution in [-0.2, 0) is 18.4 Å². The minimum Gasteiger partial charge on any atom is -0.756 e. The van der Waals surface area contributed by atoms with Gasteiger partial charge in [-0.05, 0) is 51.4 Å². The van der Waals surface area contributed by atoms with Gasteiger partial charge in [0.2, 0.25) is 5.91 Å². The van der Waals surface area contributed by atoms with Gasteiger partial charge in [0.1, 0.15) is 13.2 Å². The van der Waals surface area contributed by atoms with E-state index in [0.29, 0.717) is 17.4 Å². The van der Waals surface area contributed by atoms with Crippen molar-refractivity contribution in [1.29, 1.82) is 0 Å². The number of quaternary nitrogens is 1. The molecule has 0 aliphatic heterocycles. The average molecular weight is 879 g/mol. The quantitative estimate of drug-likeness (QED) is 0.0273. The number of aliphatic hydroxyl groups excluding tert-OH is 1. The third kappa shape index (κ3) is 46.3. The summed E-state index contributed by atoms with van der Waals surface area (Å²) < 4.78 is 23.2. The molecule has 0 bridgehead atoms. The van der Waals surface area contributed by atoms with Crippen LogP contribution >= 0.6 is 7.82 Å². The number of carbonyl (C=O) groups is 1. The maximum absolute atomic E-state index is 12.9. The van der Waals surface area contributed by atoms with E-state index in [1.807, 2.05) is 27.2 Å². The largest absolute Gasteiger partial charge is 0.756 e. The molecule has 0 aromatic carbocycles. The fraction of sp³-hybridized carbons (Fsp3) is 0.827. The Morgan fingerprint density at radius 2 is 1.00 bits per heavy atom. The zero-order valence-electron chi connectivity index (χ0n) is 40.6. The molecule has 0 aromatic heterocycles. The molecule has 0 aliphatic carbocycles. The fourth-order valence-corrected chi connectivity index (χ4v) is 8.01. The van der Waals surface area contributed by atoms with Crippen LogP contribution in [0.4, 0.5) is 0 Å². The molecule has 1 amide bonds. The predicted molar refractivity (Wildman–Crippen MR) is 261 cm³/mol. The number of rotatable bonds is 46. The number of likely N-dealkylation sites (N-methyl/N-ethyl adjacent to an activating group) is 1. The first-order chi connectivity index (χ1) is 29.5. The first-order valence-electron chi connectivity index (χ1n) is 25.5. The highest BCUT2D eigenvalue weighted by atomic mass is 31.2. The highest BCUT2D eigenvalue weighted by molar-refractivity contribution is 7.45. The Hall–Kier alpha value is -1.54. The lowest BCUT2D eigenvalue weighted by atomic mass is 10.0. The highest BCUT2D eigenvalue weighted by Crippen LogP contribution is 2.38. The molecule has 8 nitrogen and oxygen atoms in total. The van der Waals surface area contributed by atoms with E-state index in [9.17, 15) is 19.4 Å². The van der Waals surface area contributed by atoms with Crippen molar-refractivity contribution in [3.8, 4) is 0 Å². The van der Waals surface area contributed by atoms with E-state index in [1.165, 1.54) is 141 Å². The summed E-state index contributed by atoms with van der Waals surface area (Å²) in [4.78, 5) is 25.3. The highest BCUT2D eigenvalue weighted by Gasteiger charge is 2.23. The molecule has 358 valence electrons. The van der Waals surface area contributed by atoms with Gasteiger partial charge in [-0.25, -0.2) is 0 Å². The van der Waals surface area contributed by atoms with Crippen LogP contribution < -0.4 is 10.2 Å². The SMILES string of the molecule is CC/C=C\C/C=C\C/C=C\CCCCCC(=O)NC(COP(=O)([O-])OCC[N+](C)(C)C)C(O)/C=C/CCCCCCCCCCCCCCCCCCCCCCCCCC. The average Bonchev–Trinajstić information content (AvgIpc) is 3.21. The van der Waals surface area contributed by atoms with E-state index in [4.69, 9.17) is 9.05 Å². The van der Waals surface area contributed by atoms with Crippen LogP contribution in [0.15, 0.2) is 48.6 Å². The lowest BCUT2D eigenvalue weighted by molar-refractivity contribution is -0.870. The van der Waals surface area contributed by atoms with Gasteiger partial charge in [-0.15, -0.1) is 0 Å². The lowest BCUT2D eigenvalue weighted by Crippen LogP contribution is -2.45. The van der Waals surface area contributed by atoms with Gasteiger partial charge in [0.05, 0.1) is 39.9 Å². The van der Waals surface area contributed by atoms with Crippen molar-refractivity contribution >= 4 is 13.7 Å². The number of hydrogen-bond donors (Lipinski definition) is 2. The van der Waals surface area contributed by atoms with Gasteiger partial charge in [0.25, 0.3) is 7.82 Å². The third-order valence-electron chi connectivity index (χ3n) is 11.3. The third-order valence-corrected chi connectivity index (χ3v) is 12.3. The fourth-order valence-electron chi connectivity index (χ4n) is 7.29. The summed E-state index contributed by atoms with van der Waals surface area (Å²) in [5.41, 5.74) is 0. The van der Waals surface area contributed by atoms with Crippen LogP contribution in [0.3, 0.4) is 0 Å². The molecule has 3 unspecified atom stereocenters. The number of unbranched alkanes of at least 4 members (excludes halogenated alkanes) is 27. The maximum Gasteiger partial charge on any atom is 0.268 e. The molecule has 0 heterocycles. The summed E-state index contributed by atoms with van der Waals surface area (Å²) in [6, 6.07) is -0.902. The van der Waals surface area contributed by atoms with E-state index >= 15 is 0 Å². The Morgan fingerprint density at radius 1 is 0.590 bits per heavy atom. The topological polar surface area (TPSA) is 108 Å². The van der Waals surface area contributed by atoms with Crippen molar-refractivity contribution in [3.05, 3.63) is 48.6 Å². The molecule has 0 aliphatic rings. The molecule has 0 spiro atoms. The van der Waals surface area contributed by atoms with E-state index < -0.39 is 26.6 Å². The summed E-state index contributed by atoms with van der Waals surface area (Å²) in [6.45, 7) is 4.52. The molecule has 0 saturated heterocycles. The summed E-state index contributed by atoms with van der Waals surface area (Å²) in [7, 11) is 1.24. The Balaban J connectivity index is 4.23. The van der Waals surface area contributed by atoms with Gasteiger partial charge >= 0.3 is 0 Å². The molecule has 3 atom stereocenters. The van der Waals surface area contributed by atoms with Crippen molar-refractivity contribution in [2.75, 3.05) is 40.9 Å². The lowest BCUT2D eigenvalue weighted by Gasteiger charge is -2.29. The summed E-state index contributed by atoms with van der Waals surface area (Å²) >= 11 is 0. The van der Waals surface area contributed by atoms with Gasteiger partial charge in [-0.2, -0.15) is 0 Å². The number of amides is 1. The number of aliphatic hydroxyl groups is 1. The number of allylic oxidation sites excluding steroid dienone is 7. The maximum atomic E-state index is 12.9. The zero-order valence-corrected chi connectivity index (χ0v) is 41.5. The molecule has 9 heteroatoms. The molecule has 0 fully saturated rings. The molecular formula is C52H99N2O6P. The Labute approximate surface area is 378 Å². The van der Waals surface area contributed by atoms with E-state index in [2.05, 4.69) is 55.6 Å². The van der Waals surface area contributed by atoms with Crippen LogP contribution in [0.1, 0.15) is 226 Å². The molecule has 0 rings (SSSR count). The predicted octanol–water partition coefficient (Wildman–Crippen LogP) is 14.2.